The van der Waals surface area contributed by atoms with E-state index in [0.29, 0.717) is 4.68 Å². The highest BCUT2D eigenvalue weighted by Gasteiger charge is 2.08. The van der Waals surface area contributed by atoms with Gasteiger partial charge in [0.05, 0.1) is 6.21 Å². The Morgan fingerprint density at radius 1 is 1.21 bits per heavy atom. The number of para-hydroxylation sites is 1. The summed E-state index contributed by atoms with van der Waals surface area (Å²) in [5, 5.41) is 7.63. The molecule has 0 aliphatic heterocycles. The summed E-state index contributed by atoms with van der Waals surface area (Å²) in [6.07, 6.45) is 1.07. The number of H-pyrrole nitrogens is 2. The fraction of sp³-hybridized carbons (Fsp3) is 0.100. The van der Waals surface area contributed by atoms with Gasteiger partial charge in [0.1, 0.15) is 5.75 Å². The maximum Gasteiger partial charge on any atom is 0.387 e. The average molecular weight is 270 g/mol. The summed E-state index contributed by atoms with van der Waals surface area (Å²) in [6, 6.07) is 5.85. The van der Waals surface area contributed by atoms with E-state index in [4.69, 9.17) is 0 Å². The fourth-order valence-corrected chi connectivity index (χ4v) is 1.32. The normalized spacial score (nSPS) is 11.3. The third-order valence-corrected chi connectivity index (χ3v) is 2.11. The molecule has 19 heavy (non-hydrogen) atoms. The molecule has 1 heterocycles. The van der Waals surface area contributed by atoms with Crippen LogP contribution in [0.4, 0.5) is 8.78 Å². The molecule has 0 radical (unpaired) electrons. The lowest BCUT2D eigenvalue weighted by atomic mass is 10.2. The number of aromatic amines is 2. The number of nitrogens with one attached hydrogen (secondary N) is 2. The average Bonchev–Trinajstić information content (AvgIpc) is 2.68. The molecular weight excluding hydrogens is 262 g/mol. The maximum absolute atomic E-state index is 12.2. The van der Waals surface area contributed by atoms with Crippen molar-refractivity contribution in [1.29, 1.82) is 0 Å². The number of hydrogen-bond acceptors (Lipinski definition) is 4. The molecule has 0 atom stereocenters. The molecule has 0 saturated heterocycles. The zero-order chi connectivity index (χ0) is 13.8. The fourth-order valence-electron chi connectivity index (χ4n) is 1.32. The second-order valence-electron chi connectivity index (χ2n) is 3.33. The summed E-state index contributed by atoms with van der Waals surface area (Å²) in [7, 11) is 0. The van der Waals surface area contributed by atoms with Gasteiger partial charge >= 0.3 is 18.0 Å². The minimum Gasteiger partial charge on any atom is -0.434 e. The van der Waals surface area contributed by atoms with Gasteiger partial charge in [-0.15, -0.1) is 4.68 Å². The van der Waals surface area contributed by atoms with Crippen LogP contribution in [0, 0.1) is 0 Å². The van der Waals surface area contributed by atoms with Crippen molar-refractivity contribution in [3.63, 3.8) is 0 Å². The van der Waals surface area contributed by atoms with Crippen molar-refractivity contribution >= 4 is 6.21 Å². The van der Waals surface area contributed by atoms with Gasteiger partial charge in [-0.1, -0.05) is 12.1 Å². The minimum atomic E-state index is -2.98. The van der Waals surface area contributed by atoms with E-state index in [2.05, 4.69) is 9.84 Å². The Morgan fingerprint density at radius 3 is 2.47 bits per heavy atom. The Labute approximate surface area is 104 Å². The summed E-state index contributed by atoms with van der Waals surface area (Å²) in [5.41, 5.74) is -1.34. The van der Waals surface area contributed by atoms with Crippen LogP contribution in [0.15, 0.2) is 39.0 Å². The molecule has 7 nitrogen and oxygen atoms in total. The first kappa shape index (κ1) is 12.7. The Kier molecular flexibility index (Phi) is 3.55. The van der Waals surface area contributed by atoms with E-state index in [1.807, 2.05) is 10.2 Å². The molecule has 2 rings (SSSR count). The van der Waals surface area contributed by atoms with Crippen LogP contribution in [0.1, 0.15) is 5.56 Å². The molecular formula is C10H8F2N4O3. The van der Waals surface area contributed by atoms with E-state index in [9.17, 15) is 18.4 Å². The van der Waals surface area contributed by atoms with Crippen LogP contribution in [0.3, 0.4) is 0 Å². The number of ether oxygens (including phenoxy) is 1. The van der Waals surface area contributed by atoms with Gasteiger partial charge in [-0.25, -0.2) is 19.8 Å². The monoisotopic (exact) mass is 270 g/mol. The van der Waals surface area contributed by atoms with E-state index in [0.717, 1.165) is 6.21 Å². The Balaban J connectivity index is 2.34. The lowest BCUT2D eigenvalue weighted by molar-refractivity contribution is -0.0499. The summed E-state index contributed by atoms with van der Waals surface area (Å²) < 4.78 is 29.1. The standard InChI is InChI=1S/C10H8F2N4O3/c11-8(12)19-7-4-2-1-3-6(7)5-13-16-9(17)14-15-10(16)18/h1-5,8H,(H,14,17)(H,15,18)/b13-5+. The van der Waals surface area contributed by atoms with Crippen molar-refractivity contribution in [1.82, 2.24) is 14.9 Å². The van der Waals surface area contributed by atoms with Crippen LogP contribution in [0.5, 0.6) is 5.75 Å². The summed E-state index contributed by atoms with van der Waals surface area (Å²) in [4.78, 5) is 22.3. The smallest absolute Gasteiger partial charge is 0.387 e. The number of hydrogen-bond donors (Lipinski definition) is 2. The molecule has 100 valence electrons. The second-order valence-corrected chi connectivity index (χ2v) is 3.33. The van der Waals surface area contributed by atoms with Crippen molar-refractivity contribution in [3.05, 3.63) is 50.8 Å². The predicted molar refractivity (Wildman–Crippen MR) is 61.7 cm³/mol. The van der Waals surface area contributed by atoms with Gasteiger partial charge in [0.2, 0.25) is 0 Å². The molecule has 2 aromatic rings. The molecule has 0 aliphatic carbocycles. The number of rotatable bonds is 4. The molecule has 0 bridgehead atoms. The summed E-state index contributed by atoms with van der Waals surface area (Å²) in [6.45, 7) is -2.98. The van der Waals surface area contributed by atoms with E-state index in [1.54, 1.807) is 6.07 Å². The van der Waals surface area contributed by atoms with E-state index >= 15 is 0 Å². The molecule has 0 saturated carbocycles. The third-order valence-electron chi connectivity index (χ3n) is 2.11. The van der Waals surface area contributed by atoms with Gasteiger partial charge in [-0.05, 0) is 12.1 Å². The number of halogens is 2. The minimum absolute atomic E-state index is 0.110. The van der Waals surface area contributed by atoms with Crippen LogP contribution in [-0.4, -0.2) is 27.7 Å². The highest BCUT2D eigenvalue weighted by molar-refractivity contribution is 5.83. The maximum atomic E-state index is 12.2. The SMILES string of the molecule is O=c1[nH][nH]c(=O)n1/N=C/c1ccccc1OC(F)F. The topological polar surface area (TPSA) is 92.2 Å². The number of alkyl halides is 2. The molecule has 0 spiro atoms. The van der Waals surface area contributed by atoms with Gasteiger partial charge in [-0.3, -0.25) is 0 Å². The predicted octanol–water partition coefficient (Wildman–Crippen LogP) is 0.348. The third kappa shape index (κ3) is 2.94. The quantitative estimate of drug-likeness (QED) is 0.785. The zero-order valence-corrected chi connectivity index (χ0v) is 9.34. The molecule has 1 aromatic carbocycles. The van der Waals surface area contributed by atoms with Gasteiger partial charge < -0.3 is 4.74 Å². The van der Waals surface area contributed by atoms with Crippen molar-refractivity contribution in [2.75, 3.05) is 0 Å². The van der Waals surface area contributed by atoms with Crippen LogP contribution in [0.25, 0.3) is 0 Å². The molecule has 1 aromatic heterocycles. The van der Waals surface area contributed by atoms with E-state index in [-0.39, 0.29) is 11.3 Å². The molecule has 0 aliphatic rings. The first-order valence-electron chi connectivity index (χ1n) is 5.06. The Bertz CT molecular complexity index is 674. The van der Waals surface area contributed by atoms with Gasteiger partial charge in [-0.2, -0.15) is 13.9 Å². The Morgan fingerprint density at radius 2 is 1.84 bits per heavy atom. The van der Waals surface area contributed by atoms with Crippen molar-refractivity contribution in [2.45, 2.75) is 6.61 Å². The van der Waals surface area contributed by atoms with Crippen molar-refractivity contribution < 1.29 is 13.5 Å². The van der Waals surface area contributed by atoms with Crippen LogP contribution >= 0.6 is 0 Å². The molecule has 9 heteroatoms. The summed E-state index contributed by atoms with van der Waals surface area (Å²) >= 11 is 0. The first-order valence-corrected chi connectivity index (χ1v) is 5.06. The van der Waals surface area contributed by atoms with Crippen LogP contribution in [0.2, 0.25) is 0 Å². The van der Waals surface area contributed by atoms with E-state index < -0.39 is 18.0 Å². The molecule has 0 unspecified atom stereocenters. The zero-order valence-electron chi connectivity index (χ0n) is 9.34. The van der Waals surface area contributed by atoms with Gasteiger partial charge in [0, 0.05) is 5.56 Å². The Hall–Kier alpha value is -2.71. The highest BCUT2D eigenvalue weighted by Crippen LogP contribution is 2.18. The lowest BCUT2D eigenvalue weighted by Crippen LogP contribution is -2.22. The number of aromatic nitrogens is 3. The van der Waals surface area contributed by atoms with Gasteiger partial charge in [0.25, 0.3) is 0 Å². The van der Waals surface area contributed by atoms with Crippen molar-refractivity contribution in [3.8, 4) is 5.75 Å². The first-order chi connectivity index (χ1) is 9.08. The van der Waals surface area contributed by atoms with Crippen LogP contribution in [-0.2, 0) is 0 Å². The number of nitrogens with zero attached hydrogens (tertiary/aromatic N) is 2. The van der Waals surface area contributed by atoms with Crippen molar-refractivity contribution in [2.24, 2.45) is 5.10 Å². The highest BCUT2D eigenvalue weighted by atomic mass is 19.3. The van der Waals surface area contributed by atoms with Crippen LogP contribution < -0.4 is 16.1 Å². The summed E-state index contributed by atoms with van der Waals surface area (Å²) in [5.74, 6) is -0.110. The largest absolute Gasteiger partial charge is 0.434 e. The second kappa shape index (κ2) is 5.29. The van der Waals surface area contributed by atoms with Gasteiger partial charge in [0.15, 0.2) is 0 Å². The molecule has 0 fully saturated rings. The number of benzene rings is 1. The molecule has 0 amide bonds. The molecule has 2 N–H and O–H groups in total. The van der Waals surface area contributed by atoms with E-state index in [1.165, 1.54) is 18.2 Å². The lowest BCUT2D eigenvalue weighted by Gasteiger charge is -2.06.